The average Bonchev–Trinajstić information content (AvgIpc) is 2.44. The maximum Gasteiger partial charge on any atom is 0.133 e. The first-order chi connectivity index (χ1) is 7.09. The lowest BCUT2D eigenvalue weighted by Crippen LogP contribution is -2.27. The molecule has 1 aliphatic heterocycles. The Morgan fingerprint density at radius 1 is 1.40 bits per heavy atom. The molecular formula is C9H10I2N4. The van der Waals surface area contributed by atoms with Gasteiger partial charge in [0.1, 0.15) is 13.2 Å². The fraction of sp³-hybridized carbons (Fsp3) is 0.222. The van der Waals surface area contributed by atoms with E-state index in [2.05, 4.69) is 66.2 Å². The maximum absolute atomic E-state index is 4.43. The Morgan fingerprint density at radius 3 is 2.60 bits per heavy atom. The van der Waals surface area contributed by atoms with Crippen molar-refractivity contribution in [3.63, 3.8) is 0 Å². The molecule has 1 aromatic heterocycles. The van der Waals surface area contributed by atoms with Crippen LogP contribution >= 0.6 is 45.2 Å². The van der Waals surface area contributed by atoms with Crippen molar-refractivity contribution in [3.8, 4) is 0 Å². The highest BCUT2D eigenvalue weighted by molar-refractivity contribution is 14.1. The number of halogens is 2. The summed E-state index contributed by atoms with van der Waals surface area (Å²) in [6, 6.07) is 0. The average molecular weight is 428 g/mol. The van der Waals surface area contributed by atoms with Crippen LogP contribution in [0.25, 0.3) is 5.70 Å². The van der Waals surface area contributed by atoms with Gasteiger partial charge in [-0.15, -0.1) is 0 Å². The lowest BCUT2D eigenvalue weighted by molar-refractivity contribution is 0.382. The van der Waals surface area contributed by atoms with Crippen LogP contribution in [0.5, 0.6) is 0 Å². The summed E-state index contributed by atoms with van der Waals surface area (Å²) >= 11 is 4.56. The van der Waals surface area contributed by atoms with Gasteiger partial charge in [-0.25, -0.2) is 4.98 Å². The lowest BCUT2D eigenvalue weighted by atomic mass is 10.4. The van der Waals surface area contributed by atoms with E-state index >= 15 is 0 Å². The molecule has 1 N–H and O–H groups in total. The molecule has 0 atom stereocenters. The summed E-state index contributed by atoms with van der Waals surface area (Å²) in [6.45, 7) is 2.01. The summed E-state index contributed by atoms with van der Waals surface area (Å²) in [5, 5.41) is 1.90. The van der Waals surface area contributed by atoms with Crippen LogP contribution in [-0.2, 0) is 0 Å². The molecule has 0 aliphatic carbocycles. The van der Waals surface area contributed by atoms with Gasteiger partial charge in [-0.3, -0.25) is 9.58 Å². The van der Waals surface area contributed by atoms with Crippen LogP contribution in [0.2, 0.25) is 0 Å². The van der Waals surface area contributed by atoms with Gasteiger partial charge in [0.05, 0.1) is 5.70 Å². The molecule has 1 aromatic rings. The summed E-state index contributed by atoms with van der Waals surface area (Å²) in [7, 11) is 1.96. The van der Waals surface area contributed by atoms with Crippen molar-refractivity contribution < 1.29 is 0 Å². The summed E-state index contributed by atoms with van der Waals surface area (Å²) in [5.74, 6) is 1.01. The van der Waals surface area contributed by atoms with Crippen LogP contribution in [0.1, 0.15) is 5.82 Å². The number of hydrogen-bond donors (Lipinski definition) is 1. The van der Waals surface area contributed by atoms with Crippen molar-refractivity contribution in [2.75, 3.05) is 7.05 Å². The molecule has 2 heterocycles. The van der Waals surface area contributed by atoms with E-state index in [1.165, 1.54) is 0 Å². The molecule has 0 unspecified atom stereocenters. The maximum atomic E-state index is 4.43. The Hall–Kier alpha value is -0.250. The van der Waals surface area contributed by atoms with Crippen molar-refractivity contribution in [2.24, 2.45) is 0 Å². The van der Waals surface area contributed by atoms with Gasteiger partial charge in [0.2, 0.25) is 0 Å². The van der Waals surface area contributed by atoms with Crippen LogP contribution in [0.3, 0.4) is 0 Å². The minimum atomic E-state index is 1.01. The topological polar surface area (TPSA) is 33.1 Å². The highest BCUT2D eigenvalue weighted by Crippen LogP contribution is 2.22. The number of aromatic nitrogens is 2. The first-order valence-corrected chi connectivity index (χ1v) is 6.53. The Kier molecular flexibility index (Phi) is 3.24. The number of nitrogens with one attached hydrogen (secondary N) is 1. The number of aryl methyl sites for hydroxylation is 1. The predicted molar refractivity (Wildman–Crippen MR) is 76.7 cm³/mol. The Balaban J connectivity index is 2.43. The number of hydrogen-bond acceptors (Lipinski definition) is 3. The first-order valence-electron chi connectivity index (χ1n) is 4.37. The van der Waals surface area contributed by atoms with Gasteiger partial charge in [0, 0.05) is 19.4 Å². The van der Waals surface area contributed by atoms with Crippen molar-refractivity contribution >= 4 is 50.9 Å². The normalized spacial score (nSPS) is 15.2. The zero-order chi connectivity index (χ0) is 11.0. The molecule has 0 fully saturated rings. The van der Waals surface area contributed by atoms with Crippen LogP contribution < -0.4 is 5.43 Å². The number of allylic oxidation sites excluding steroid dienone is 2. The van der Waals surface area contributed by atoms with E-state index in [4.69, 9.17) is 0 Å². The molecule has 0 amide bonds. The predicted octanol–water partition coefficient (Wildman–Crippen LogP) is 2.16. The van der Waals surface area contributed by atoms with E-state index in [0.29, 0.717) is 0 Å². The second-order valence-electron chi connectivity index (χ2n) is 3.20. The van der Waals surface area contributed by atoms with E-state index in [1.54, 1.807) is 0 Å². The highest BCUT2D eigenvalue weighted by atomic mass is 127. The molecule has 80 valence electrons. The standard InChI is InChI=1S/C9H10I2N4/c1-6-13-8(10)9(11)15(6)7-3-4-14(2)12-5-7/h3-5,12H,1-2H3. The second kappa shape index (κ2) is 4.32. The highest BCUT2D eigenvalue weighted by Gasteiger charge is 2.13. The molecule has 0 radical (unpaired) electrons. The molecule has 0 aromatic carbocycles. The summed E-state index contributed by atoms with van der Waals surface area (Å²) < 4.78 is 4.31. The first kappa shape index (κ1) is 11.2. The van der Waals surface area contributed by atoms with Crippen LogP contribution in [-0.4, -0.2) is 21.6 Å². The molecule has 0 saturated heterocycles. The minimum absolute atomic E-state index is 1.01. The Labute approximate surface area is 116 Å². The Morgan fingerprint density at radius 2 is 2.13 bits per heavy atom. The number of hydrazine groups is 1. The lowest BCUT2D eigenvalue weighted by Gasteiger charge is -2.20. The zero-order valence-corrected chi connectivity index (χ0v) is 12.6. The molecule has 6 heteroatoms. The van der Waals surface area contributed by atoms with Gasteiger partial charge in [0.25, 0.3) is 0 Å². The monoisotopic (exact) mass is 428 g/mol. The van der Waals surface area contributed by atoms with Gasteiger partial charge < -0.3 is 5.43 Å². The largest absolute Gasteiger partial charge is 0.304 e. The van der Waals surface area contributed by atoms with Crippen molar-refractivity contribution in [1.29, 1.82) is 0 Å². The molecular weight excluding hydrogens is 418 g/mol. The summed E-state index contributed by atoms with van der Waals surface area (Å²) in [5.41, 5.74) is 4.23. The van der Waals surface area contributed by atoms with Crippen molar-refractivity contribution in [2.45, 2.75) is 6.92 Å². The third-order valence-corrected chi connectivity index (χ3v) is 4.87. The van der Waals surface area contributed by atoms with Crippen molar-refractivity contribution in [1.82, 2.24) is 20.0 Å². The van der Waals surface area contributed by atoms with Crippen LogP contribution in [0.4, 0.5) is 0 Å². The number of imidazole rings is 1. The van der Waals surface area contributed by atoms with E-state index in [1.807, 2.05) is 31.4 Å². The fourth-order valence-electron chi connectivity index (χ4n) is 1.36. The summed E-state index contributed by atoms with van der Waals surface area (Å²) in [6.07, 6.45) is 6.01. The van der Waals surface area contributed by atoms with Crippen molar-refractivity contribution in [3.05, 3.63) is 31.7 Å². The number of rotatable bonds is 1. The fourth-order valence-corrected chi connectivity index (χ4v) is 2.70. The summed E-state index contributed by atoms with van der Waals surface area (Å²) in [4.78, 5) is 4.43. The second-order valence-corrected chi connectivity index (χ2v) is 5.24. The van der Waals surface area contributed by atoms with Gasteiger partial charge in [-0.1, -0.05) is 0 Å². The van der Waals surface area contributed by atoms with Gasteiger partial charge >= 0.3 is 0 Å². The van der Waals surface area contributed by atoms with E-state index in [-0.39, 0.29) is 0 Å². The van der Waals surface area contributed by atoms with E-state index < -0.39 is 0 Å². The quantitative estimate of drug-likeness (QED) is 0.697. The third-order valence-electron chi connectivity index (χ3n) is 2.09. The van der Waals surface area contributed by atoms with E-state index in [0.717, 1.165) is 18.9 Å². The minimum Gasteiger partial charge on any atom is -0.304 e. The number of nitrogens with zero attached hydrogens (tertiary/aromatic N) is 3. The van der Waals surface area contributed by atoms with Gasteiger partial charge in [-0.05, 0) is 58.2 Å². The molecule has 1 aliphatic rings. The molecule has 0 saturated carbocycles. The molecule has 15 heavy (non-hydrogen) atoms. The van der Waals surface area contributed by atoms with Crippen LogP contribution in [0.15, 0.2) is 18.5 Å². The van der Waals surface area contributed by atoms with Gasteiger partial charge in [-0.2, -0.15) is 0 Å². The molecule has 0 spiro atoms. The molecule has 0 bridgehead atoms. The molecule has 2 rings (SSSR count). The zero-order valence-electron chi connectivity index (χ0n) is 8.33. The Bertz CT molecular complexity index is 447. The third kappa shape index (κ3) is 2.14. The van der Waals surface area contributed by atoms with E-state index in [9.17, 15) is 0 Å². The SMILES string of the molecule is Cc1nc(I)c(I)n1C1=CNN(C)C=C1. The van der Waals surface area contributed by atoms with Crippen LogP contribution in [0, 0.1) is 14.3 Å². The van der Waals surface area contributed by atoms with Gasteiger partial charge in [0.15, 0.2) is 0 Å². The smallest absolute Gasteiger partial charge is 0.133 e. The molecule has 4 nitrogen and oxygen atoms in total.